The van der Waals surface area contributed by atoms with Crippen LogP contribution >= 0.6 is 0 Å². The minimum absolute atomic E-state index is 0.0528. The van der Waals surface area contributed by atoms with Crippen LogP contribution in [0.15, 0.2) is 12.1 Å². The molecule has 0 saturated heterocycles. The molecule has 0 amide bonds. The van der Waals surface area contributed by atoms with Gasteiger partial charge in [-0.3, -0.25) is 4.79 Å². The highest BCUT2D eigenvalue weighted by Gasteiger charge is 2.17. The average molecular weight is 221 g/mol. The van der Waals surface area contributed by atoms with Crippen LogP contribution < -0.4 is 15.2 Å². The quantitative estimate of drug-likeness (QED) is 0.626. The average Bonchev–Trinajstić information content (AvgIpc) is 2.28. The number of benzene rings is 1. The zero-order valence-corrected chi connectivity index (χ0v) is 9.29. The lowest BCUT2D eigenvalue weighted by Gasteiger charge is -2.19. The van der Waals surface area contributed by atoms with E-state index in [0.29, 0.717) is 42.4 Å². The third kappa shape index (κ3) is 1.96. The zero-order chi connectivity index (χ0) is 11.5. The van der Waals surface area contributed by atoms with E-state index in [9.17, 15) is 4.79 Å². The van der Waals surface area contributed by atoms with Crippen LogP contribution in [0.25, 0.3) is 0 Å². The van der Waals surface area contributed by atoms with Gasteiger partial charge < -0.3 is 15.2 Å². The summed E-state index contributed by atoms with van der Waals surface area (Å²) in [6, 6.07) is 3.35. The van der Waals surface area contributed by atoms with Crippen LogP contribution in [-0.4, -0.2) is 19.0 Å². The molecular formula is C12H15NO3. The molecule has 0 bridgehead atoms. The number of ether oxygens (including phenoxy) is 2. The first-order valence-electron chi connectivity index (χ1n) is 5.44. The summed E-state index contributed by atoms with van der Waals surface area (Å²) >= 11 is 0. The van der Waals surface area contributed by atoms with Crippen molar-refractivity contribution in [3.8, 4) is 11.5 Å². The van der Waals surface area contributed by atoms with Crippen molar-refractivity contribution in [2.75, 3.05) is 18.9 Å². The Morgan fingerprint density at radius 1 is 1.31 bits per heavy atom. The first-order chi connectivity index (χ1) is 7.72. The molecule has 1 heterocycles. The molecule has 16 heavy (non-hydrogen) atoms. The summed E-state index contributed by atoms with van der Waals surface area (Å²) in [6.07, 6.45) is 1.32. The molecule has 1 aliphatic rings. The van der Waals surface area contributed by atoms with E-state index in [1.807, 2.05) is 6.92 Å². The Kier molecular flexibility index (Phi) is 2.99. The molecule has 0 fully saturated rings. The number of nitrogen functional groups attached to an aromatic ring is 1. The second kappa shape index (κ2) is 4.43. The van der Waals surface area contributed by atoms with Gasteiger partial charge >= 0.3 is 0 Å². The Balaban J connectivity index is 2.35. The molecule has 0 radical (unpaired) electrons. The Morgan fingerprint density at radius 3 is 2.56 bits per heavy atom. The van der Waals surface area contributed by atoms with Crippen molar-refractivity contribution in [1.29, 1.82) is 0 Å². The van der Waals surface area contributed by atoms with Gasteiger partial charge in [0.15, 0.2) is 17.3 Å². The Morgan fingerprint density at radius 2 is 1.94 bits per heavy atom. The highest BCUT2D eigenvalue weighted by atomic mass is 16.6. The maximum absolute atomic E-state index is 11.8. The Labute approximate surface area is 94.3 Å². The van der Waals surface area contributed by atoms with Gasteiger partial charge in [0.1, 0.15) is 13.2 Å². The molecule has 0 aliphatic carbocycles. The SMILES string of the molecule is CCCC(=O)c1cc2c(cc1N)OCCO2. The lowest BCUT2D eigenvalue weighted by atomic mass is 10.0. The molecule has 0 saturated carbocycles. The van der Waals surface area contributed by atoms with Crippen molar-refractivity contribution >= 4 is 11.5 Å². The second-order valence-electron chi connectivity index (χ2n) is 3.76. The lowest BCUT2D eigenvalue weighted by molar-refractivity contribution is 0.0981. The number of hydrogen-bond acceptors (Lipinski definition) is 4. The van der Waals surface area contributed by atoms with Gasteiger partial charge in [0.25, 0.3) is 0 Å². The van der Waals surface area contributed by atoms with Crippen molar-refractivity contribution in [2.45, 2.75) is 19.8 Å². The monoisotopic (exact) mass is 221 g/mol. The van der Waals surface area contributed by atoms with Crippen molar-refractivity contribution in [3.05, 3.63) is 17.7 Å². The molecule has 1 aromatic rings. The maximum Gasteiger partial charge on any atom is 0.165 e. The number of carbonyl (C=O) groups excluding carboxylic acids is 1. The molecule has 0 spiro atoms. The van der Waals surface area contributed by atoms with E-state index in [1.54, 1.807) is 12.1 Å². The third-order valence-corrected chi connectivity index (χ3v) is 2.49. The van der Waals surface area contributed by atoms with Gasteiger partial charge in [0.05, 0.1) is 0 Å². The number of rotatable bonds is 3. The van der Waals surface area contributed by atoms with Crippen LogP contribution in [0.5, 0.6) is 11.5 Å². The highest BCUT2D eigenvalue weighted by molar-refractivity contribution is 6.01. The van der Waals surface area contributed by atoms with Gasteiger partial charge in [-0.05, 0) is 12.5 Å². The lowest BCUT2D eigenvalue weighted by Crippen LogP contribution is -2.16. The number of anilines is 1. The minimum atomic E-state index is 0.0528. The Bertz CT molecular complexity index is 415. The van der Waals surface area contributed by atoms with Gasteiger partial charge in [-0.25, -0.2) is 0 Å². The van der Waals surface area contributed by atoms with Crippen molar-refractivity contribution < 1.29 is 14.3 Å². The first-order valence-corrected chi connectivity index (χ1v) is 5.44. The number of hydrogen-bond donors (Lipinski definition) is 1. The number of Topliss-reactive ketones (excluding diaryl/α,β-unsaturated/α-hetero) is 1. The minimum Gasteiger partial charge on any atom is -0.486 e. The summed E-state index contributed by atoms with van der Waals surface area (Å²) < 4.78 is 10.8. The predicted molar refractivity (Wildman–Crippen MR) is 61.1 cm³/mol. The maximum atomic E-state index is 11.8. The molecule has 0 atom stereocenters. The van der Waals surface area contributed by atoms with Gasteiger partial charge in [-0.15, -0.1) is 0 Å². The second-order valence-corrected chi connectivity index (χ2v) is 3.76. The molecule has 4 heteroatoms. The Hall–Kier alpha value is -1.71. The summed E-state index contributed by atoms with van der Waals surface area (Å²) in [4.78, 5) is 11.8. The molecule has 0 aromatic heterocycles. The van der Waals surface area contributed by atoms with E-state index in [4.69, 9.17) is 15.2 Å². The van der Waals surface area contributed by atoms with E-state index in [1.165, 1.54) is 0 Å². The molecule has 1 aliphatic heterocycles. The van der Waals surface area contributed by atoms with E-state index in [2.05, 4.69) is 0 Å². The van der Waals surface area contributed by atoms with E-state index in [-0.39, 0.29) is 5.78 Å². The van der Waals surface area contributed by atoms with E-state index < -0.39 is 0 Å². The van der Waals surface area contributed by atoms with Crippen LogP contribution in [0.4, 0.5) is 5.69 Å². The molecular weight excluding hydrogens is 206 g/mol. The first kappa shape index (κ1) is 10.8. The normalized spacial score (nSPS) is 13.6. The van der Waals surface area contributed by atoms with Gasteiger partial charge in [0.2, 0.25) is 0 Å². The van der Waals surface area contributed by atoms with Crippen LogP contribution in [0.3, 0.4) is 0 Å². The molecule has 0 unspecified atom stereocenters. The largest absolute Gasteiger partial charge is 0.486 e. The summed E-state index contributed by atoms with van der Waals surface area (Å²) in [5, 5.41) is 0. The highest BCUT2D eigenvalue weighted by Crippen LogP contribution is 2.34. The molecule has 2 rings (SSSR count). The van der Waals surface area contributed by atoms with Gasteiger partial charge in [0, 0.05) is 23.7 Å². The molecule has 1 aromatic carbocycles. The van der Waals surface area contributed by atoms with Crippen molar-refractivity contribution in [2.24, 2.45) is 0 Å². The van der Waals surface area contributed by atoms with Gasteiger partial charge in [-0.1, -0.05) is 6.92 Å². The molecule has 86 valence electrons. The summed E-state index contributed by atoms with van der Waals surface area (Å²) in [5.41, 5.74) is 6.81. The zero-order valence-electron chi connectivity index (χ0n) is 9.29. The van der Waals surface area contributed by atoms with Crippen LogP contribution in [0.2, 0.25) is 0 Å². The number of fused-ring (bicyclic) bond motifs is 1. The van der Waals surface area contributed by atoms with Crippen molar-refractivity contribution in [1.82, 2.24) is 0 Å². The molecule has 4 nitrogen and oxygen atoms in total. The smallest absolute Gasteiger partial charge is 0.165 e. The number of carbonyl (C=O) groups is 1. The summed E-state index contributed by atoms with van der Waals surface area (Å²) in [7, 11) is 0. The third-order valence-electron chi connectivity index (χ3n) is 2.49. The fourth-order valence-corrected chi connectivity index (χ4v) is 1.71. The van der Waals surface area contributed by atoms with Crippen LogP contribution in [-0.2, 0) is 0 Å². The standard InChI is InChI=1S/C12H15NO3/c1-2-3-10(14)8-6-11-12(7-9(8)13)16-5-4-15-11/h6-7H,2-5,13H2,1H3. The fourth-order valence-electron chi connectivity index (χ4n) is 1.71. The van der Waals surface area contributed by atoms with E-state index >= 15 is 0 Å². The van der Waals surface area contributed by atoms with E-state index in [0.717, 1.165) is 6.42 Å². The van der Waals surface area contributed by atoms with Crippen molar-refractivity contribution in [3.63, 3.8) is 0 Å². The van der Waals surface area contributed by atoms with Gasteiger partial charge in [-0.2, -0.15) is 0 Å². The van der Waals surface area contributed by atoms with Crippen LogP contribution in [0, 0.1) is 0 Å². The summed E-state index contributed by atoms with van der Waals surface area (Å²) in [5.74, 6) is 1.29. The number of nitrogens with two attached hydrogens (primary N) is 1. The van der Waals surface area contributed by atoms with Crippen LogP contribution in [0.1, 0.15) is 30.1 Å². The fraction of sp³-hybridized carbons (Fsp3) is 0.417. The molecule has 2 N–H and O–H groups in total. The number of ketones is 1. The summed E-state index contributed by atoms with van der Waals surface area (Å²) in [6.45, 7) is 3.00. The topological polar surface area (TPSA) is 61.6 Å². The predicted octanol–water partition coefficient (Wildman–Crippen LogP) is 2.02.